The number of aliphatic imine (C=N–C) groups is 1. The highest BCUT2D eigenvalue weighted by Crippen LogP contribution is 2.40. The molecule has 1 fully saturated rings. The summed E-state index contributed by atoms with van der Waals surface area (Å²) in [5.41, 5.74) is -0.169. The lowest BCUT2D eigenvalue weighted by Gasteiger charge is -2.30. The molecule has 0 aliphatic heterocycles. The zero-order valence-electron chi connectivity index (χ0n) is 15.4. The van der Waals surface area contributed by atoms with Gasteiger partial charge >= 0.3 is 0 Å². The largest absolute Gasteiger partial charge is 0.385 e. The van der Waals surface area contributed by atoms with E-state index in [-0.39, 0.29) is 5.91 Å². The highest BCUT2D eigenvalue weighted by molar-refractivity contribution is 5.84. The molecular formula is C17H34N4O2. The van der Waals surface area contributed by atoms with Crippen molar-refractivity contribution in [3.8, 4) is 0 Å². The summed E-state index contributed by atoms with van der Waals surface area (Å²) in [5, 5.41) is 9.41. The van der Waals surface area contributed by atoms with Crippen molar-refractivity contribution in [1.29, 1.82) is 0 Å². The summed E-state index contributed by atoms with van der Waals surface area (Å²) in [5.74, 6) is 0.776. The third-order valence-electron chi connectivity index (χ3n) is 4.89. The molecule has 1 aliphatic rings. The monoisotopic (exact) mass is 326 g/mol. The van der Waals surface area contributed by atoms with Gasteiger partial charge < -0.3 is 20.7 Å². The average Bonchev–Trinajstić information content (AvgIpc) is 3.01. The van der Waals surface area contributed by atoms with Gasteiger partial charge in [-0.3, -0.25) is 9.79 Å². The Kier molecular flexibility index (Phi) is 7.82. The maximum Gasteiger partial charge on any atom is 0.227 e. The molecule has 6 nitrogen and oxygen atoms in total. The fourth-order valence-electron chi connectivity index (χ4n) is 3.17. The Hall–Kier alpha value is -1.30. The summed E-state index contributed by atoms with van der Waals surface area (Å²) in [6, 6.07) is 0. The minimum absolute atomic E-state index is 0.0211. The number of rotatable bonds is 8. The molecule has 0 aromatic rings. The fraction of sp³-hybridized carbons (Fsp3) is 0.882. The summed E-state index contributed by atoms with van der Waals surface area (Å²) >= 11 is 0. The van der Waals surface area contributed by atoms with Gasteiger partial charge in [-0.05, 0) is 38.5 Å². The van der Waals surface area contributed by atoms with Crippen LogP contribution in [-0.4, -0.2) is 52.8 Å². The standard InChI is InChI=1S/C17H34N4O2/c1-16(2,14(22)18-3)12-20-15(19-4)21-13-17(10-11-23-5)8-6-7-9-17/h6-13H2,1-5H3,(H,18,22)(H2,19,20,21). The van der Waals surface area contributed by atoms with Crippen molar-refractivity contribution in [2.45, 2.75) is 46.0 Å². The number of hydrogen-bond donors (Lipinski definition) is 3. The number of ether oxygens (including phenoxy) is 1. The molecule has 0 aromatic heterocycles. The molecule has 1 aliphatic carbocycles. The first-order valence-corrected chi connectivity index (χ1v) is 8.55. The van der Waals surface area contributed by atoms with Gasteiger partial charge in [0.1, 0.15) is 0 Å². The normalized spacial score (nSPS) is 17.9. The minimum Gasteiger partial charge on any atom is -0.385 e. The number of carbonyl (C=O) groups excluding carboxylic acids is 1. The van der Waals surface area contributed by atoms with Crippen LogP contribution in [-0.2, 0) is 9.53 Å². The van der Waals surface area contributed by atoms with Crippen LogP contribution in [0.15, 0.2) is 4.99 Å². The molecule has 3 N–H and O–H groups in total. The van der Waals surface area contributed by atoms with Crippen LogP contribution in [0, 0.1) is 10.8 Å². The predicted octanol–water partition coefficient (Wildman–Crippen LogP) is 1.52. The highest BCUT2D eigenvalue weighted by atomic mass is 16.5. The molecular weight excluding hydrogens is 292 g/mol. The first-order chi connectivity index (χ1) is 10.9. The lowest BCUT2D eigenvalue weighted by molar-refractivity contribution is -0.128. The van der Waals surface area contributed by atoms with Crippen LogP contribution in [0.5, 0.6) is 0 Å². The first kappa shape index (κ1) is 19.7. The molecule has 23 heavy (non-hydrogen) atoms. The zero-order chi connectivity index (χ0) is 17.3. The average molecular weight is 326 g/mol. The lowest BCUT2D eigenvalue weighted by Crippen LogP contribution is -2.49. The number of nitrogens with zero attached hydrogens (tertiary/aromatic N) is 1. The number of carbonyl (C=O) groups is 1. The molecule has 0 aromatic carbocycles. The van der Waals surface area contributed by atoms with Crippen LogP contribution in [0.4, 0.5) is 0 Å². The van der Waals surface area contributed by atoms with Gasteiger partial charge in [0.15, 0.2) is 5.96 Å². The van der Waals surface area contributed by atoms with Crippen LogP contribution < -0.4 is 16.0 Å². The van der Waals surface area contributed by atoms with Gasteiger partial charge in [-0.25, -0.2) is 0 Å². The molecule has 1 rings (SSSR count). The van der Waals surface area contributed by atoms with Crippen molar-refractivity contribution >= 4 is 11.9 Å². The van der Waals surface area contributed by atoms with Gasteiger partial charge in [-0.2, -0.15) is 0 Å². The Morgan fingerprint density at radius 2 is 1.91 bits per heavy atom. The van der Waals surface area contributed by atoms with Crippen molar-refractivity contribution in [2.75, 3.05) is 40.9 Å². The smallest absolute Gasteiger partial charge is 0.227 e. The van der Waals surface area contributed by atoms with E-state index >= 15 is 0 Å². The number of guanidine groups is 1. The maximum absolute atomic E-state index is 11.8. The van der Waals surface area contributed by atoms with Crippen LogP contribution in [0.2, 0.25) is 0 Å². The molecule has 0 atom stereocenters. The van der Waals surface area contributed by atoms with E-state index in [1.54, 1.807) is 21.2 Å². The molecule has 0 heterocycles. The summed E-state index contributed by atoms with van der Waals surface area (Å²) in [6.45, 7) is 6.08. The Morgan fingerprint density at radius 1 is 1.26 bits per heavy atom. The van der Waals surface area contributed by atoms with Gasteiger partial charge in [0.25, 0.3) is 0 Å². The van der Waals surface area contributed by atoms with Crippen molar-refractivity contribution in [3.63, 3.8) is 0 Å². The van der Waals surface area contributed by atoms with Gasteiger partial charge in [-0.1, -0.05) is 12.8 Å². The summed E-state index contributed by atoms with van der Waals surface area (Å²) in [4.78, 5) is 16.1. The van der Waals surface area contributed by atoms with E-state index in [2.05, 4.69) is 20.9 Å². The maximum atomic E-state index is 11.8. The van der Waals surface area contributed by atoms with Crippen molar-refractivity contribution in [2.24, 2.45) is 15.8 Å². The molecule has 0 saturated heterocycles. The molecule has 134 valence electrons. The van der Waals surface area contributed by atoms with E-state index in [0.29, 0.717) is 12.0 Å². The van der Waals surface area contributed by atoms with Gasteiger partial charge in [-0.15, -0.1) is 0 Å². The van der Waals surface area contributed by atoms with Crippen LogP contribution >= 0.6 is 0 Å². The van der Waals surface area contributed by atoms with E-state index in [1.165, 1.54) is 25.7 Å². The molecule has 1 saturated carbocycles. The molecule has 0 spiro atoms. The SMILES string of the molecule is CN=C(NCC1(CCOC)CCCC1)NCC(C)(C)C(=O)NC. The lowest BCUT2D eigenvalue weighted by atomic mass is 9.83. The van der Waals surface area contributed by atoms with Gasteiger partial charge in [0.05, 0.1) is 5.41 Å². The van der Waals surface area contributed by atoms with Gasteiger partial charge in [0, 0.05) is 40.9 Å². The van der Waals surface area contributed by atoms with E-state index < -0.39 is 5.41 Å². The Balaban J connectivity index is 2.51. The first-order valence-electron chi connectivity index (χ1n) is 8.55. The van der Waals surface area contributed by atoms with Crippen LogP contribution in [0.25, 0.3) is 0 Å². The number of amides is 1. The zero-order valence-corrected chi connectivity index (χ0v) is 15.4. The fourth-order valence-corrected chi connectivity index (χ4v) is 3.17. The highest BCUT2D eigenvalue weighted by Gasteiger charge is 2.33. The third-order valence-corrected chi connectivity index (χ3v) is 4.89. The van der Waals surface area contributed by atoms with Crippen LogP contribution in [0.3, 0.4) is 0 Å². The molecule has 0 bridgehead atoms. The number of hydrogen-bond acceptors (Lipinski definition) is 3. The second kappa shape index (κ2) is 9.11. The summed E-state index contributed by atoms with van der Waals surface area (Å²) < 4.78 is 5.27. The minimum atomic E-state index is -0.479. The van der Waals surface area contributed by atoms with Gasteiger partial charge in [0.2, 0.25) is 5.91 Å². The quantitative estimate of drug-likeness (QED) is 0.467. The second-order valence-electron chi connectivity index (χ2n) is 7.19. The van der Waals surface area contributed by atoms with E-state index in [9.17, 15) is 4.79 Å². The Morgan fingerprint density at radius 3 is 2.43 bits per heavy atom. The van der Waals surface area contributed by atoms with Crippen molar-refractivity contribution < 1.29 is 9.53 Å². The van der Waals surface area contributed by atoms with E-state index in [0.717, 1.165) is 25.5 Å². The third kappa shape index (κ3) is 6.01. The predicted molar refractivity (Wildman–Crippen MR) is 94.6 cm³/mol. The van der Waals surface area contributed by atoms with Crippen molar-refractivity contribution in [1.82, 2.24) is 16.0 Å². The van der Waals surface area contributed by atoms with Crippen molar-refractivity contribution in [3.05, 3.63) is 0 Å². The molecule has 1 amide bonds. The number of methoxy groups -OCH3 is 1. The number of nitrogens with one attached hydrogen (secondary N) is 3. The topological polar surface area (TPSA) is 74.8 Å². The second-order valence-corrected chi connectivity index (χ2v) is 7.19. The molecule has 0 radical (unpaired) electrons. The molecule has 0 unspecified atom stereocenters. The van der Waals surface area contributed by atoms with E-state index in [1.807, 2.05) is 13.8 Å². The Bertz CT molecular complexity index is 401. The summed E-state index contributed by atoms with van der Waals surface area (Å²) in [7, 11) is 5.19. The summed E-state index contributed by atoms with van der Waals surface area (Å²) in [6.07, 6.45) is 6.15. The molecule has 6 heteroatoms. The van der Waals surface area contributed by atoms with Crippen LogP contribution in [0.1, 0.15) is 46.0 Å². The Labute approximate surface area is 140 Å². The van der Waals surface area contributed by atoms with E-state index in [4.69, 9.17) is 4.74 Å².